The van der Waals surface area contributed by atoms with Gasteiger partial charge in [0.25, 0.3) is 0 Å². The number of anilines is 1. The molecule has 1 nitrogen and oxygen atoms in total. The lowest BCUT2D eigenvalue weighted by molar-refractivity contribution is 0.358. The van der Waals surface area contributed by atoms with E-state index in [1.807, 2.05) is 6.07 Å². The van der Waals surface area contributed by atoms with Crippen LogP contribution in [0.25, 0.3) is 0 Å². The first-order valence-electron chi connectivity index (χ1n) is 5.87. The summed E-state index contributed by atoms with van der Waals surface area (Å²) < 4.78 is 14.5. The summed E-state index contributed by atoms with van der Waals surface area (Å²) in [5.74, 6) is 0.586. The lowest BCUT2D eigenvalue weighted by atomic mass is 9.87. The Kier molecular flexibility index (Phi) is 3.85. The maximum absolute atomic E-state index is 13.5. The zero-order chi connectivity index (χ0) is 11.5. The Morgan fingerprint density at radius 1 is 1.38 bits per heavy atom. The van der Waals surface area contributed by atoms with Crippen molar-refractivity contribution >= 4 is 21.6 Å². The van der Waals surface area contributed by atoms with Gasteiger partial charge in [0, 0.05) is 10.5 Å². The van der Waals surface area contributed by atoms with Crippen molar-refractivity contribution in [3.8, 4) is 0 Å². The zero-order valence-electron chi connectivity index (χ0n) is 9.47. The number of hydrogen-bond donors (Lipinski definition) is 1. The lowest BCUT2D eigenvalue weighted by Gasteiger charge is -2.28. The number of benzene rings is 1. The second-order valence-corrected chi connectivity index (χ2v) is 5.65. The number of hydrogen-bond acceptors (Lipinski definition) is 1. The monoisotopic (exact) mass is 285 g/mol. The molecule has 1 aliphatic carbocycles. The van der Waals surface area contributed by atoms with E-state index in [2.05, 4.69) is 28.2 Å². The predicted molar refractivity (Wildman–Crippen MR) is 69.1 cm³/mol. The molecule has 2 atom stereocenters. The van der Waals surface area contributed by atoms with Gasteiger partial charge in [-0.15, -0.1) is 0 Å². The molecule has 1 aromatic rings. The molecule has 0 amide bonds. The van der Waals surface area contributed by atoms with Crippen molar-refractivity contribution in [3.63, 3.8) is 0 Å². The summed E-state index contributed by atoms with van der Waals surface area (Å²) in [5.41, 5.74) is 0.619. The first-order valence-corrected chi connectivity index (χ1v) is 6.66. The van der Waals surface area contributed by atoms with Gasteiger partial charge in [-0.2, -0.15) is 0 Å². The Hall–Kier alpha value is -0.570. The van der Waals surface area contributed by atoms with E-state index in [0.29, 0.717) is 11.7 Å². The second-order valence-electron chi connectivity index (χ2n) is 4.74. The molecule has 0 aromatic heterocycles. The molecule has 1 N–H and O–H groups in total. The fraction of sp³-hybridized carbons (Fsp3) is 0.538. The van der Waals surface area contributed by atoms with Crippen LogP contribution in [0.4, 0.5) is 10.1 Å². The normalized spacial score (nSPS) is 25.4. The molecule has 0 aliphatic heterocycles. The van der Waals surface area contributed by atoms with Crippen LogP contribution in [0.1, 0.15) is 32.6 Å². The smallest absolute Gasteiger partial charge is 0.146 e. The molecule has 0 spiro atoms. The van der Waals surface area contributed by atoms with Crippen LogP contribution in [0.15, 0.2) is 22.7 Å². The van der Waals surface area contributed by atoms with Crippen molar-refractivity contribution in [2.45, 2.75) is 38.6 Å². The summed E-state index contributed by atoms with van der Waals surface area (Å²) in [6.07, 6.45) is 4.84. The molecule has 0 heterocycles. The molecule has 1 saturated carbocycles. The topological polar surface area (TPSA) is 12.0 Å². The fourth-order valence-corrected chi connectivity index (χ4v) is 2.75. The Labute approximate surface area is 105 Å². The van der Waals surface area contributed by atoms with E-state index in [9.17, 15) is 4.39 Å². The van der Waals surface area contributed by atoms with E-state index in [0.717, 1.165) is 23.2 Å². The highest BCUT2D eigenvalue weighted by Crippen LogP contribution is 2.28. The highest BCUT2D eigenvalue weighted by molar-refractivity contribution is 9.10. The minimum absolute atomic E-state index is 0.165. The van der Waals surface area contributed by atoms with Gasteiger partial charge < -0.3 is 5.32 Å². The first-order chi connectivity index (χ1) is 7.65. The predicted octanol–water partition coefficient (Wildman–Crippen LogP) is 4.58. The van der Waals surface area contributed by atoms with Crippen LogP contribution in [0.5, 0.6) is 0 Å². The Morgan fingerprint density at radius 3 is 2.94 bits per heavy atom. The van der Waals surface area contributed by atoms with Crippen molar-refractivity contribution in [3.05, 3.63) is 28.5 Å². The maximum Gasteiger partial charge on any atom is 0.146 e. The molecule has 2 rings (SSSR count). The van der Waals surface area contributed by atoms with Gasteiger partial charge in [0.2, 0.25) is 0 Å². The van der Waals surface area contributed by atoms with Crippen molar-refractivity contribution in [2.24, 2.45) is 5.92 Å². The van der Waals surface area contributed by atoms with Crippen LogP contribution in [-0.2, 0) is 0 Å². The Bertz CT molecular complexity index is 367. The summed E-state index contributed by atoms with van der Waals surface area (Å²) in [6.45, 7) is 2.27. The van der Waals surface area contributed by atoms with E-state index >= 15 is 0 Å². The van der Waals surface area contributed by atoms with E-state index in [1.165, 1.54) is 18.9 Å². The van der Waals surface area contributed by atoms with Gasteiger partial charge in [-0.1, -0.05) is 35.7 Å². The third-order valence-electron chi connectivity index (χ3n) is 3.22. The van der Waals surface area contributed by atoms with Gasteiger partial charge in [-0.3, -0.25) is 0 Å². The minimum atomic E-state index is -0.165. The molecule has 1 fully saturated rings. The Balaban J connectivity index is 2.05. The number of halogens is 2. The van der Waals surface area contributed by atoms with Crippen LogP contribution >= 0.6 is 15.9 Å². The summed E-state index contributed by atoms with van der Waals surface area (Å²) in [4.78, 5) is 0. The molecular formula is C13H17BrFN. The van der Waals surface area contributed by atoms with Gasteiger partial charge in [0.15, 0.2) is 0 Å². The first kappa shape index (κ1) is 11.9. The van der Waals surface area contributed by atoms with Crippen LogP contribution in [0.2, 0.25) is 0 Å². The summed E-state index contributed by atoms with van der Waals surface area (Å²) in [7, 11) is 0. The molecular weight excluding hydrogens is 269 g/mol. The fourth-order valence-electron chi connectivity index (χ4n) is 2.39. The quantitative estimate of drug-likeness (QED) is 0.839. The van der Waals surface area contributed by atoms with Gasteiger partial charge in [0.1, 0.15) is 5.82 Å². The number of rotatable bonds is 2. The average molecular weight is 286 g/mol. The van der Waals surface area contributed by atoms with Crippen LogP contribution in [-0.4, -0.2) is 6.04 Å². The summed E-state index contributed by atoms with van der Waals surface area (Å²) in [5, 5.41) is 3.32. The molecule has 0 bridgehead atoms. The van der Waals surface area contributed by atoms with Gasteiger partial charge in [0.05, 0.1) is 5.69 Å². The van der Waals surface area contributed by atoms with Crippen molar-refractivity contribution < 1.29 is 4.39 Å². The standard InChI is InChI=1S/C13H17BrFN/c1-9-3-2-4-11(7-9)16-13-8-10(14)5-6-12(13)15/h5-6,8-9,11,16H,2-4,7H2,1H3. The number of nitrogens with one attached hydrogen (secondary N) is 1. The van der Waals surface area contributed by atoms with Gasteiger partial charge in [-0.05, 0) is 37.0 Å². The van der Waals surface area contributed by atoms with Gasteiger partial charge >= 0.3 is 0 Å². The van der Waals surface area contributed by atoms with Crippen LogP contribution < -0.4 is 5.32 Å². The molecule has 0 radical (unpaired) electrons. The summed E-state index contributed by atoms with van der Waals surface area (Å²) >= 11 is 3.37. The van der Waals surface area contributed by atoms with Crippen molar-refractivity contribution in [2.75, 3.05) is 5.32 Å². The van der Waals surface area contributed by atoms with Crippen molar-refractivity contribution in [1.29, 1.82) is 0 Å². The maximum atomic E-state index is 13.5. The third kappa shape index (κ3) is 2.97. The van der Waals surface area contributed by atoms with Crippen molar-refractivity contribution in [1.82, 2.24) is 0 Å². The Morgan fingerprint density at radius 2 is 2.19 bits per heavy atom. The lowest BCUT2D eigenvalue weighted by Crippen LogP contribution is -2.26. The molecule has 88 valence electrons. The van der Waals surface area contributed by atoms with E-state index in [1.54, 1.807) is 6.07 Å². The molecule has 1 aromatic carbocycles. The molecule has 0 saturated heterocycles. The average Bonchev–Trinajstić information content (AvgIpc) is 2.24. The van der Waals surface area contributed by atoms with E-state index in [4.69, 9.17) is 0 Å². The highest BCUT2D eigenvalue weighted by Gasteiger charge is 2.19. The minimum Gasteiger partial charge on any atom is -0.380 e. The van der Waals surface area contributed by atoms with E-state index < -0.39 is 0 Å². The molecule has 2 unspecified atom stereocenters. The summed E-state index contributed by atoms with van der Waals surface area (Å²) in [6, 6.07) is 5.46. The van der Waals surface area contributed by atoms with E-state index in [-0.39, 0.29) is 5.82 Å². The molecule has 16 heavy (non-hydrogen) atoms. The van der Waals surface area contributed by atoms with Gasteiger partial charge in [-0.25, -0.2) is 4.39 Å². The molecule has 3 heteroatoms. The largest absolute Gasteiger partial charge is 0.380 e. The van der Waals surface area contributed by atoms with Crippen LogP contribution in [0, 0.1) is 11.7 Å². The van der Waals surface area contributed by atoms with Crippen LogP contribution in [0.3, 0.4) is 0 Å². The second kappa shape index (κ2) is 5.17. The molecule has 1 aliphatic rings. The SMILES string of the molecule is CC1CCCC(Nc2cc(Br)ccc2F)C1. The third-order valence-corrected chi connectivity index (χ3v) is 3.72. The highest BCUT2D eigenvalue weighted by atomic mass is 79.9. The zero-order valence-corrected chi connectivity index (χ0v) is 11.1.